The fraction of sp³-hybridized carbons (Fsp3) is 0.158. The van der Waals surface area contributed by atoms with Crippen LogP contribution < -0.4 is 0 Å². The van der Waals surface area contributed by atoms with E-state index >= 15 is 0 Å². The van der Waals surface area contributed by atoms with Gasteiger partial charge < -0.3 is 0 Å². The molecule has 1 aliphatic carbocycles. The van der Waals surface area contributed by atoms with Gasteiger partial charge in [-0.25, -0.2) is 0 Å². The van der Waals surface area contributed by atoms with E-state index in [1.165, 1.54) is 5.57 Å². The molecule has 0 bridgehead atoms. The van der Waals surface area contributed by atoms with E-state index in [1.807, 2.05) is 43.3 Å². The molecule has 1 aromatic heterocycles. The molecular formula is C19H16N2. The Kier molecular flexibility index (Phi) is 3.66. The highest BCUT2D eigenvalue weighted by Crippen LogP contribution is 2.31. The summed E-state index contributed by atoms with van der Waals surface area (Å²) in [6.45, 7) is 2.01. The van der Waals surface area contributed by atoms with E-state index in [-0.39, 0.29) is 0 Å². The van der Waals surface area contributed by atoms with Gasteiger partial charge in [-0.2, -0.15) is 5.26 Å². The smallest absolute Gasteiger partial charge is 0.0998 e. The summed E-state index contributed by atoms with van der Waals surface area (Å²) in [4.78, 5) is 4.61. The lowest BCUT2D eigenvalue weighted by molar-refractivity contribution is 1.03. The number of benzene rings is 1. The Hall–Kier alpha value is -2.66. The third kappa shape index (κ3) is 2.78. The van der Waals surface area contributed by atoms with Crippen molar-refractivity contribution in [2.75, 3.05) is 0 Å². The normalized spacial score (nSPS) is 14.1. The summed E-state index contributed by atoms with van der Waals surface area (Å²) in [6, 6.07) is 16.1. The molecule has 2 heteroatoms. The maximum absolute atomic E-state index is 9.26. The van der Waals surface area contributed by atoms with E-state index in [0.29, 0.717) is 0 Å². The molecule has 21 heavy (non-hydrogen) atoms. The fourth-order valence-electron chi connectivity index (χ4n) is 2.65. The van der Waals surface area contributed by atoms with Crippen molar-refractivity contribution in [3.05, 3.63) is 77.1 Å². The summed E-state index contributed by atoms with van der Waals surface area (Å²) < 4.78 is 0. The Balaban J connectivity index is 2.02. The van der Waals surface area contributed by atoms with Crippen LogP contribution in [0.1, 0.15) is 35.4 Å². The van der Waals surface area contributed by atoms with Crippen LogP contribution in [0.3, 0.4) is 0 Å². The molecule has 1 aliphatic rings. The van der Waals surface area contributed by atoms with Crippen LogP contribution in [0.15, 0.2) is 54.6 Å². The first-order valence-corrected chi connectivity index (χ1v) is 7.12. The molecule has 3 rings (SSSR count). The van der Waals surface area contributed by atoms with E-state index in [9.17, 15) is 5.26 Å². The van der Waals surface area contributed by atoms with E-state index in [4.69, 9.17) is 0 Å². The minimum atomic E-state index is 0.721. The number of allylic oxidation sites excluding steroid dienone is 4. The van der Waals surface area contributed by atoms with Gasteiger partial charge in [-0.1, -0.05) is 30.3 Å². The average molecular weight is 272 g/mol. The van der Waals surface area contributed by atoms with Gasteiger partial charge in [0, 0.05) is 5.69 Å². The van der Waals surface area contributed by atoms with Gasteiger partial charge in [0.15, 0.2) is 0 Å². The van der Waals surface area contributed by atoms with Gasteiger partial charge >= 0.3 is 0 Å². The number of hydrogen-bond donors (Lipinski definition) is 0. The lowest BCUT2D eigenvalue weighted by Crippen LogP contribution is -1.97. The van der Waals surface area contributed by atoms with E-state index < -0.39 is 0 Å². The Labute approximate surface area is 125 Å². The number of hydrogen-bond acceptors (Lipinski definition) is 2. The SMILES string of the molecule is Cc1cccc(C2=CC(c3ccccc3C#N)=CCC2)n1. The number of aromatic nitrogens is 1. The van der Waals surface area contributed by atoms with Gasteiger partial charge in [0.25, 0.3) is 0 Å². The number of rotatable bonds is 2. The molecule has 2 nitrogen and oxygen atoms in total. The molecule has 0 fully saturated rings. The largest absolute Gasteiger partial charge is 0.253 e. The molecule has 0 radical (unpaired) electrons. The van der Waals surface area contributed by atoms with Crippen LogP contribution in [0.5, 0.6) is 0 Å². The number of nitrogens with zero attached hydrogens (tertiary/aromatic N) is 2. The third-order valence-electron chi connectivity index (χ3n) is 3.68. The van der Waals surface area contributed by atoms with E-state index in [0.717, 1.165) is 40.9 Å². The first-order chi connectivity index (χ1) is 10.3. The molecule has 0 N–H and O–H groups in total. The van der Waals surface area contributed by atoms with Crippen molar-refractivity contribution < 1.29 is 0 Å². The standard InChI is InChI=1S/C19H16N2/c1-14-6-4-11-19(21-14)16-9-5-8-15(12-16)18-10-3-2-7-17(18)13-20/h2-4,6-8,10-12H,5,9H2,1H3. The summed E-state index contributed by atoms with van der Waals surface area (Å²) >= 11 is 0. The molecule has 0 aliphatic heterocycles. The third-order valence-corrected chi connectivity index (χ3v) is 3.68. The lowest BCUT2D eigenvalue weighted by atomic mass is 9.91. The number of aryl methyl sites for hydroxylation is 1. The van der Waals surface area contributed by atoms with Crippen molar-refractivity contribution in [2.45, 2.75) is 19.8 Å². The van der Waals surface area contributed by atoms with Gasteiger partial charge in [0.1, 0.15) is 0 Å². The summed E-state index contributed by atoms with van der Waals surface area (Å²) in [6.07, 6.45) is 6.35. The molecule has 1 aromatic carbocycles. The van der Waals surface area contributed by atoms with Gasteiger partial charge in [-0.05, 0) is 60.8 Å². The minimum Gasteiger partial charge on any atom is -0.253 e. The van der Waals surface area contributed by atoms with Crippen molar-refractivity contribution in [3.63, 3.8) is 0 Å². The van der Waals surface area contributed by atoms with Crippen LogP contribution in [0.25, 0.3) is 11.1 Å². The van der Waals surface area contributed by atoms with Crippen molar-refractivity contribution in [1.29, 1.82) is 5.26 Å². The number of pyridine rings is 1. The van der Waals surface area contributed by atoms with Crippen LogP contribution in [0, 0.1) is 18.3 Å². The first-order valence-electron chi connectivity index (χ1n) is 7.12. The van der Waals surface area contributed by atoms with Crippen LogP contribution >= 0.6 is 0 Å². The van der Waals surface area contributed by atoms with Crippen LogP contribution in [0.2, 0.25) is 0 Å². The molecular weight excluding hydrogens is 256 g/mol. The minimum absolute atomic E-state index is 0.721. The number of nitriles is 1. The van der Waals surface area contributed by atoms with Crippen LogP contribution in [0.4, 0.5) is 0 Å². The van der Waals surface area contributed by atoms with Crippen LogP contribution in [-0.4, -0.2) is 4.98 Å². The van der Waals surface area contributed by atoms with Crippen molar-refractivity contribution in [1.82, 2.24) is 4.98 Å². The fourth-order valence-corrected chi connectivity index (χ4v) is 2.65. The topological polar surface area (TPSA) is 36.7 Å². The Morgan fingerprint density at radius 3 is 2.76 bits per heavy atom. The second-order valence-electron chi connectivity index (χ2n) is 5.19. The molecule has 0 saturated carbocycles. The van der Waals surface area contributed by atoms with Crippen molar-refractivity contribution in [2.24, 2.45) is 0 Å². The summed E-state index contributed by atoms with van der Waals surface area (Å²) in [5.74, 6) is 0. The highest BCUT2D eigenvalue weighted by atomic mass is 14.7. The Morgan fingerprint density at radius 2 is 1.95 bits per heavy atom. The van der Waals surface area contributed by atoms with Gasteiger partial charge in [0.2, 0.25) is 0 Å². The average Bonchev–Trinajstić information content (AvgIpc) is 2.55. The highest BCUT2D eigenvalue weighted by Gasteiger charge is 2.12. The zero-order chi connectivity index (χ0) is 14.7. The molecule has 2 aromatic rings. The predicted molar refractivity (Wildman–Crippen MR) is 85.3 cm³/mol. The zero-order valence-corrected chi connectivity index (χ0v) is 12.0. The summed E-state index contributed by atoms with van der Waals surface area (Å²) in [5.41, 5.74) is 6.15. The molecule has 0 amide bonds. The molecule has 0 atom stereocenters. The highest BCUT2D eigenvalue weighted by molar-refractivity contribution is 5.86. The van der Waals surface area contributed by atoms with Gasteiger partial charge in [-0.15, -0.1) is 0 Å². The van der Waals surface area contributed by atoms with E-state index in [2.05, 4.69) is 29.3 Å². The maximum Gasteiger partial charge on any atom is 0.0998 e. The first kappa shape index (κ1) is 13.3. The molecule has 102 valence electrons. The van der Waals surface area contributed by atoms with Gasteiger partial charge in [-0.3, -0.25) is 4.98 Å². The molecule has 1 heterocycles. The van der Waals surface area contributed by atoms with Gasteiger partial charge in [0.05, 0.1) is 17.3 Å². The molecule has 0 spiro atoms. The van der Waals surface area contributed by atoms with Crippen molar-refractivity contribution >= 4 is 11.1 Å². The second kappa shape index (κ2) is 5.76. The predicted octanol–water partition coefficient (Wildman–Crippen LogP) is 4.52. The Morgan fingerprint density at radius 1 is 1.10 bits per heavy atom. The monoisotopic (exact) mass is 272 g/mol. The van der Waals surface area contributed by atoms with Crippen LogP contribution in [-0.2, 0) is 0 Å². The quantitative estimate of drug-likeness (QED) is 0.805. The molecule has 0 unspecified atom stereocenters. The van der Waals surface area contributed by atoms with Crippen molar-refractivity contribution in [3.8, 4) is 6.07 Å². The van der Waals surface area contributed by atoms with E-state index in [1.54, 1.807) is 0 Å². The summed E-state index contributed by atoms with van der Waals surface area (Å²) in [5, 5.41) is 9.26. The summed E-state index contributed by atoms with van der Waals surface area (Å²) in [7, 11) is 0. The Bertz CT molecular complexity index is 776. The molecule has 0 saturated heterocycles. The maximum atomic E-state index is 9.26. The second-order valence-corrected chi connectivity index (χ2v) is 5.19. The lowest BCUT2D eigenvalue weighted by Gasteiger charge is -2.15. The zero-order valence-electron chi connectivity index (χ0n) is 12.0.